The van der Waals surface area contributed by atoms with Crippen LogP contribution in [-0.4, -0.2) is 18.5 Å². The summed E-state index contributed by atoms with van der Waals surface area (Å²) >= 11 is 0. The number of nitrogens with two attached hydrogens (primary N) is 1. The lowest BCUT2D eigenvalue weighted by Gasteiger charge is -2.25. The first kappa shape index (κ1) is 15.5. The van der Waals surface area contributed by atoms with Gasteiger partial charge in [0.2, 0.25) is 5.91 Å². The maximum absolute atomic E-state index is 12.0. The van der Waals surface area contributed by atoms with Crippen LogP contribution in [0.25, 0.3) is 0 Å². The van der Waals surface area contributed by atoms with Gasteiger partial charge in [0.25, 0.3) is 0 Å². The molecule has 1 unspecified atom stereocenters. The van der Waals surface area contributed by atoms with E-state index in [1.165, 1.54) is 38.5 Å². The second-order valence-corrected chi connectivity index (χ2v) is 5.88. The van der Waals surface area contributed by atoms with E-state index in [0.717, 1.165) is 12.8 Å². The molecule has 0 spiro atoms. The van der Waals surface area contributed by atoms with Crippen molar-refractivity contribution in [3.63, 3.8) is 0 Å². The zero-order chi connectivity index (χ0) is 13.4. The highest BCUT2D eigenvalue weighted by Gasteiger charge is 2.22. The van der Waals surface area contributed by atoms with E-state index in [1.807, 2.05) is 6.92 Å². The molecule has 0 aromatic heterocycles. The Morgan fingerprint density at radius 1 is 1.22 bits per heavy atom. The van der Waals surface area contributed by atoms with Gasteiger partial charge in [-0.1, -0.05) is 32.6 Å². The first-order valence-corrected chi connectivity index (χ1v) is 7.65. The van der Waals surface area contributed by atoms with E-state index in [2.05, 4.69) is 12.2 Å². The minimum Gasteiger partial charge on any atom is -0.353 e. The first-order chi connectivity index (χ1) is 8.65. The maximum Gasteiger partial charge on any atom is 0.223 e. The molecule has 1 amide bonds. The van der Waals surface area contributed by atoms with E-state index in [0.29, 0.717) is 18.5 Å². The van der Waals surface area contributed by atoms with Crippen molar-refractivity contribution in [1.82, 2.24) is 5.32 Å². The summed E-state index contributed by atoms with van der Waals surface area (Å²) in [4.78, 5) is 12.0. The predicted octanol–water partition coefficient (Wildman–Crippen LogP) is 2.84. The van der Waals surface area contributed by atoms with Gasteiger partial charge in [-0.2, -0.15) is 0 Å². The molecule has 0 saturated heterocycles. The molecule has 1 saturated carbocycles. The molecule has 3 N–H and O–H groups in total. The number of amides is 1. The first-order valence-electron chi connectivity index (χ1n) is 7.65. The van der Waals surface area contributed by atoms with Gasteiger partial charge in [0, 0.05) is 12.0 Å². The van der Waals surface area contributed by atoms with Crippen LogP contribution in [0, 0.1) is 11.8 Å². The van der Waals surface area contributed by atoms with Gasteiger partial charge in [0.05, 0.1) is 0 Å². The molecular formula is C15H30N2O. The van der Waals surface area contributed by atoms with Crippen LogP contribution in [0.2, 0.25) is 0 Å². The minimum atomic E-state index is 0.0989. The molecular weight excluding hydrogens is 224 g/mol. The van der Waals surface area contributed by atoms with Crippen LogP contribution in [0.5, 0.6) is 0 Å². The zero-order valence-electron chi connectivity index (χ0n) is 12.1. The van der Waals surface area contributed by atoms with Crippen molar-refractivity contribution in [3.8, 4) is 0 Å². The highest BCUT2D eigenvalue weighted by Crippen LogP contribution is 2.25. The van der Waals surface area contributed by atoms with Gasteiger partial charge in [0.1, 0.15) is 0 Å². The van der Waals surface area contributed by atoms with Crippen molar-refractivity contribution >= 4 is 5.91 Å². The normalized spacial score (nSPS) is 21.1. The fourth-order valence-electron chi connectivity index (χ4n) is 2.85. The Morgan fingerprint density at radius 3 is 2.39 bits per heavy atom. The van der Waals surface area contributed by atoms with Gasteiger partial charge in [-0.25, -0.2) is 0 Å². The highest BCUT2D eigenvalue weighted by atomic mass is 16.1. The van der Waals surface area contributed by atoms with Crippen LogP contribution >= 0.6 is 0 Å². The monoisotopic (exact) mass is 254 g/mol. The molecule has 0 bridgehead atoms. The smallest absolute Gasteiger partial charge is 0.223 e. The van der Waals surface area contributed by atoms with E-state index < -0.39 is 0 Å². The topological polar surface area (TPSA) is 55.1 Å². The van der Waals surface area contributed by atoms with E-state index in [4.69, 9.17) is 5.73 Å². The Hall–Kier alpha value is -0.570. The van der Waals surface area contributed by atoms with Crippen molar-refractivity contribution in [2.45, 2.75) is 71.3 Å². The number of hydrogen-bond donors (Lipinski definition) is 2. The van der Waals surface area contributed by atoms with E-state index in [9.17, 15) is 4.79 Å². The zero-order valence-corrected chi connectivity index (χ0v) is 12.1. The minimum absolute atomic E-state index is 0.0989. The van der Waals surface area contributed by atoms with Gasteiger partial charge >= 0.3 is 0 Å². The summed E-state index contributed by atoms with van der Waals surface area (Å²) < 4.78 is 0. The molecule has 0 radical (unpaired) electrons. The average Bonchev–Trinajstić information content (AvgIpc) is 2.64. The molecule has 2 atom stereocenters. The fourth-order valence-corrected chi connectivity index (χ4v) is 2.85. The lowest BCUT2D eigenvalue weighted by Crippen LogP contribution is -2.40. The van der Waals surface area contributed by atoms with Gasteiger partial charge in [-0.3, -0.25) is 4.79 Å². The van der Waals surface area contributed by atoms with E-state index >= 15 is 0 Å². The summed E-state index contributed by atoms with van der Waals surface area (Å²) in [5.41, 5.74) is 5.48. The molecule has 0 aromatic carbocycles. The van der Waals surface area contributed by atoms with Crippen LogP contribution < -0.4 is 11.1 Å². The Morgan fingerprint density at radius 2 is 1.83 bits per heavy atom. The largest absolute Gasteiger partial charge is 0.353 e. The van der Waals surface area contributed by atoms with Crippen LogP contribution in [0.1, 0.15) is 65.2 Å². The van der Waals surface area contributed by atoms with Crippen LogP contribution in [0.3, 0.4) is 0 Å². The molecule has 0 aliphatic heterocycles. The Bertz CT molecular complexity index is 235. The molecule has 1 rings (SSSR count). The number of carbonyl (C=O) groups is 1. The van der Waals surface area contributed by atoms with Gasteiger partial charge < -0.3 is 11.1 Å². The summed E-state index contributed by atoms with van der Waals surface area (Å²) in [5.74, 6) is 0.986. The van der Waals surface area contributed by atoms with E-state index in [-0.39, 0.29) is 11.8 Å². The third-order valence-corrected chi connectivity index (χ3v) is 4.27. The number of rotatable bonds is 6. The Kier molecular flexibility index (Phi) is 7.33. The Labute approximate surface area is 112 Å². The molecule has 1 fully saturated rings. The van der Waals surface area contributed by atoms with Gasteiger partial charge in [-0.15, -0.1) is 0 Å². The van der Waals surface area contributed by atoms with Crippen molar-refractivity contribution < 1.29 is 4.79 Å². The van der Waals surface area contributed by atoms with Crippen LogP contribution in [-0.2, 0) is 4.79 Å². The highest BCUT2D eigenvalue weighted by molar-refractivity contribution is 5.78. The molecule has 1 aliphatic carbocycles. The van der Waals surface area contributed by atoms with Crippen molar-refractivity contribution in [1.29, 1.82) is 0 Å². The Balaban J connectivity index is 2.32. The fraction of sp³-hybridized carbons (Fsp3) is 0.933. The van der Waals surface area contributed by atoms with Gasteiger partial charge in [-0.05, 0) is 45.1 Å². The summed E-state index contributed by atoms with van der Waals surface area (Å²) in [5, 5.41) is 3.21. The molecule has 3 heteroatoms. The number of hydrogen-bond acceptors (Lipinski definition) is 2. The number of carbonyl (C=O) groups excluding carboxylic acids is 1. The summed E-state index contributed by atoms with van der Waals surface area (Å²) in [6.07, 6.45) is 9.78. The molecule has 18 heavy (non-hydrogen) atoms. The summed E-state index contributed by atoms with van der Waals surface area (Å²) in [6.45, 7) is 4.85. The predicted molar refractivity (Wildman–Crippen MR) is 76.2 cm³/mol. The lowest BCUT2D eigenvalue weighted by molar-refractivity contribution is -0.125. The third kappa shape index (κ3) is 5.38. The second kappa shape index (κ2) is 8.52. The number of nitrogens with one attached hydrogen (secondary N) is 1. The molecule has 106 valence electrons. The summed E-state index contributed by atoms with van der Waals surface area (Å²) in [7, 11) is 0. The quantitative estimate of drug-likeness (QED) is 0.716. The lowest BCUT2D eigenvalue weighted by atomic mass is 9.92. The van der Waals surface area contributed by atoms with Crippen LogP contribution in [0.4, 0.5) is 0 Å². The average molecular weight is 254 g/mol. The van der Waals surface area contributed by atoms with Crippen molar-refractivity contribution in [3.05, 3.63) is 0 Å². The van der Waals surface area contributed by atoms with Gasteiger partial charge in [0.15, 0.2) is 0 Å². The SMILES string of the molecule is CC(CCCN)C(=O)N[C@@H](C)C1CCCCCC1. The van der Waals surface area contributed by atoms with Crippen molar-refractivity contribution in [2.24, 2.45) is 17.6 Å². The van der Waals surface area contributed by atoms with Crippen molar-refractivity contribution in [2.75, 3.05) is 6.54 Å². The van der Waals surface area contributed by atoms with E-state index in [1.54, 1.807) is 0 Å². The molecule has 3 nitrogen and oxygen atoms in total. The third-order valence-electron chi connectivity index (χ3n) is 4.27. The second-order valence-electron chi connectivity index (χ2n) is 5.88. The molecule has 1 aliphatic rings. The molecule has 0 heterocycles. The summed E-state index contributed by atoms with van der Waals surface area (Å²) in [6, 6.07) is 0.330. The maximum atomic E-state index is 12.0. The molecule has 0 aromatic rings. The van der Waals surface area contributed by atoms with Crippen LogP contribution in [0.15, 0.2) is 0 Å². The standard InChI is InChI=1S/C15H30N2O/c1-12(8-7-11-16)15(18)17-13(2)14-9-5-3-4-6-10-14/h12-14H,3-11,16H2,1-2H3,(H,17,18)/t12?,13-/m0/s1.